The van der Waals surface area contributed by atoms with Gasteiger partial charge in [-0.25, -0.2) is 4.39 Å². The van der Waals surface area contributed by atoms with Crippen molar-refractivity contribution < 1.29 is 19.0 Å². The number of amides is 1. The highest BCUT2D eigenvalue weighted by molar-refractivity contribution is 6.31. The lowest BCUT2D eigenvalue weighted by Crippen LogP contribution is -2.48. The van der Waals surface area contributed by atoms with Crippen molar-refractivity contribution >= 4 is 23.1 Å². The molecule has 2 aromatic rings. The van der Waals surface area contributed by atoms with Crippen molar-refractivity contribution in [2.75, 3.05) is 7.11 Å². The molecule has 1 aliphatic heterocycles. The fourth-order valence-electron chi connectivity index (χ4n) is 4.36. The second-order valence-corrected chi connectivity index (χ2v) is 8.26. The Hall–Kier alpha value is -2.37. The largest absolute Gasteiger partial charge is 0.509 e. The lowest BCUT2D eigenvalue weighted by atomic mass is 9.79. The van der Waals surface area contributed by atoms with Crippen LogP contribution >= 0.6 is 11.6 Å². The summed E-state index contributed by atoms with van der Waals surface area (Å²) >= 11 is 5.93. The molecular formula is C23H23ClFNO3. The van der Waals surface area contributed by atoms with Gasteiger partial charge in [0, 0.05) is 7.11 Å². The first-order chi connectivity index (χ1) is 13.8. The van der Waals surface area contributed by atoms with Crippen molar-refractivity contribution in [1.82, 2.24) is 5.32 Å². The molecule has 0 bridgehead atoms. The quantitative estimate of drug-likeness (QED) is 0.726. The van der Waals surface area contributed by atoms with Crippen LogP contribution in [-0.4, -0.2) is 29.8 Å². The molecule has 4 rings (SSSR count). The number of aliphatic hydroxyl groups is 1. The third-order valence-electron chi connectivity index (χ3n) is 6.15. The first-order valence-electron chi connectivity index (χ1n) is 9.70. The zero-order valence-electron chi connectivity index (χ0n) is 16.4. The minimum absolute atomic E-state index is 0.0409. The molecule has 1 spiro atoms. The van der Waals surface area contributed by atoms with Crippen LogP contribution in [0.1, 0.15) is 36.8 Å². The van der Waals surface area contributed by atoms with E-state index < -0.39 is 11.4 Å². The normalized spacial score (nSPS) is 24.3. The van der Waals surface area contributed by atoms with Gasteiger partial charge in [0.25, 0.3) is 5.91 Å². The molecule has 0 saturated heterocycles. The van der Waals surface area contributed by atoms with Gasteiger partial charge in [-0.2, -0.15) is 0 Å². The van der Waals surface area contributed by atoms with Crippen LogP contribution in [0.3, 0.4) is 0 Å². The molecule has 1 heterocycles. The Balaban J connectivity index is 1.75. The molecule has 0 unspecified atom stereocenters. The minimum atomic E-state index is -0.719. The summed E-state index contributed by atoms with van der Waals surface area (Å²) in [4.78, 5) is 12.9. The molecular weight excluding hydrogens is 393 g/mol. The van der Waals surface area contributed by atoms with E-state index in [9.17, 15) is 14.3 Å². The molecule has 1 saturated carbocycles. The average Bonchev–Trinajstić information content (AvgIpc) is 2.95. The van der Waals surface area contributed by atoms with E-state index in [0.29, 0.717) is 24.0 Å². The van der Waals surface area contributed by atoms with E-state index in [-0.39, 0.29) is 22.8 Å². The molecule has 0 radical (unpaired) electrons. The monoisotopic (exact) mass is 415 g/mol. The molecule has 0 aromatic heterocycles. The molecule has 1 aliphatic carbocycles. The maximum absolute atomic E-state index is 13.5. The highest BCUT2D eigenvalue weighted by atomic mass is 35.5. The Bertz CT molecular complexity index is 1010. The molecule has 2 N–H and O–H groups in total. The number of rotatable bonds is 3. The highest BCUT2D eigenvalue weighted by Gasteiger charge is 2.48. The summed E-state index contributed by atoms with van der Waals surface area (Å²) in [5, 5.41) is 14.2. The van der Waals surface area contributed by atoms with Crippen LogP contribution in [-0.2, 0) is 9.53 Å². The van der Waals surface area contributed by atoms with Crippen LogP contribution in [0.25, 0.3) is 16.7 Å². The van der Waals surface area contributed by atoms with E-state index in [2.05, 4.69) is 5.32 Å². The first kappa shape index (κ1) is 19.9. The lowest BCUT2D eigenvalue weighted by Gasteiger charge is -2.36. The summed E-state index contributed by atoms with van der Waals surface area (Å²) in [5.41, 5.74) is 2.68. The van der Waals surface area contributed by atoms with Gasteiger partial charge in [0.15, 0.2) is 0 Å². The van der Waals surface area contributed by atoms with Crippen LogP contribution in [0, 0.1) is 12.7 Å². The van der Waals surface area contributed by atoms with Crippen molar-refractivity contribution in [3.63, 3.8) is 0 Å². The topological polar surface area (TPSA) is 58.6 Å². The van der Waals surface area contributed by atoms with Crippen LogP contribution in [0.2, 0.25) is 5.02 Å². The number of aliphatic hydroxyl groups excluding tert-OH is 1. The van der Waals surface area contributed by atoms with Crippen molar-refractivity contribution in [2.45, 2.75) is 44.2 Å². The first-order valence-corrected chi connectivity index (χ1v) is 10.1. The van der Waals surface area contributed by atoms with Crippen molar-refractivity contribution in [3.8, 4) is 11.1 Å². The van der Waals surface area contributed by atoms with Gasteiger partial charge in [0.2, 0.25) is 0 Å². The summed E-state index contributed by atoms with van der Waals surface area (Å²) in [6.07, 6.45) is 2.99. The van der Waals surface area contributed by atoms with Crippen LogP contribution in [0.5, 0.6) is 0 Å². The Morgan fingerprint density at radius 2 is 1.83 bits per heavy atom. The maximum atomic E-state index is 13.5. The smallest absolute Gasteiger partial charge is 0.256 e. The Kier molecular flexibility index (Phi) is 5.13. The zero-order chi connectivity index (χ0) is 20.8. The summed E-state index contributed by atoms with van der Waals surface area (Å²) in [6.45, 7) is 1.90. The predicted octanol–water partition coefficient (Wildman–Crippen LogP) is 5.18. The molecule has 29 heavy (non-hydrogen) atoms. The zero-order valence-corrected chi connectivity index (χ0v) is 17.1. The lowest BCUT2D eigenvalue weighted by molar-refractivity contribution is -0.116. The number of nitrogens with one attached hydrogen (secondary N) is 1. The molecule has 0 atom stereocenters. The molecule has 4 nitrogen and oxygen atoms in total. The molecule has 6 heteroatoms. The Morgan fingerprint density at radius 3 is 2.48 bits per heavy atom. The minimum Gasteiger partial charge on any atom is -0.509 e. The SMILES string of the molecule is CO[C@H]1CC[C@]2(CC1)NC(=O)C(c1cc(-c3ccc(F)c(Cl)c3)ccc1C)=C2O. The Labute approximate surface area is 174 Å². The van der Waals surface area contributed by atoms with Gasteiger partial charge in [-0.1, -0.05) is 29.8 Å². The third-order valence-corrected chi connectivity index (χ3v) is 6.44. The second-order valence-electron chi connectivity index (χ2n) is 7.85. The number of aryl methyl sites for hydroxylation is 1. The maximum Gasteiger partial charge on any atom is 0.256 e. The third kappa shape index (κ3) is 3.43. The van der Waals surface area contributed by atoms with Crippen molar-refractivity contribution in [1.29, 1.82) is 0 Å². The molecule has 1 amide bonds. The van der Waals surface area contributed by atoms with Gasteiger partial charge in [-0.15, -0.1) is 0 Å². The number of hydrogen-bond donors (Lipinski definition) is 2. The predicted molar refractivity (Wildman–Crippen MR) is 111 cm³/mol. The van der Waals surface area contributed by atoms with Crippen LogP contribution in [0.15, 0.2) is 42.2 Å². The fourth-order valence-corrected chi connectivity index (χ4v) is 4.54. The Morgan fingerprint density at radius 1 is 1.17 bits per heavy atom. The van der Waals surface area contributed by atoms with E-state index in [0.717, 1.165) is 29.5 Å². The molecule has 152 valence electrons. The summed E-state index contributed by atoms with van der Waals surface area (Å²) in [5.74, 6) is -0.642. The second kappa shape index (κ2) is 7.47. The van der Waals surface area contributed by atoms with Gasteiger partial charge >= 0.3 is 0 Å². The van der Waals surface area contributed by atoms with Gasteiger partial charge in [0.05, 0.1) is 22.2 Å². The molecule has 2 aromatic carbocycles. The number of carbonyl (C=O) groups is 1. The summed E-state index contributed by atoms with van der Waals surface area (Å²) in [6, 6.07) is 10.2. The molecule has 2 aliphatic rings. The van der Waals surface area contributed by atoms with E-state index in [4.69, 9.17) is 16.3 Å². The van der Waals surface area contributed by atoms with Crippen LogP contribution < -0.4 is 5.32 Å². The van der Waals surface area contributed by atoms with Gasteiger partial charge in [0.1, 0.15) is 11.6 Å². The number of benzene rings is 2. The summed E-state index contributed by atoms with van der Waals surface area (Å²) < 4.78 is 18.9. The van der Waals surface area contributed by atoms with Gasteiger partial charge in [-0.3, -0.25) is 4.79 Å². The number of ether oxygens (including phenoxy) is 1. The fraction of sp³-hybridized carbons (Fsp3) is 0.348. The summed E-state index contributed by atoms with van der Waals surface area (Å²) in [7, 11) is 1.69. The highest BCUT2D eigenvalue weighted by Crippen LogP contribution is 2.43. The average molecular weight is 416 g/mol. The van der Waals surface area contributed by atoms with Gasteiger partial charge < -0.3 is 15.2 Å². The van der Waals surface area contributed by atoms with Crippen LogP contribution in [0.4, 0.5) is 4.39 Å². The van der Waals surface area contributed by atoms with E-state index in [1.54, 1.807) is 19.2 Å². The van der Waals surface area contributed by atoms with Crippen molar-refractivity contribution in [2.24, 2.45) is 0 Å². The number of methoxy groups -OCH3 is 1. The van der Waals surface area contributed by atoms with E-state index >= 15 is 0 Å². The molecule has 1 fully saturated rings. The standard InChI is InChI=1S/C23H23ClFNO3/c1-13-3-4-14(15-5-6-19(25)18(24)12-15)11-17(13)20-21(27)23(26-22(20)28)9-7-16(29-2)8-10-23/h3-6,11-12,16,27H,7-10H2,1-2H3,(H,26,28)/t16-,23+. The number of carbonyl (C=O) groups excluding carboxylic acids is 1. The van der Waals surface area contributed by atoms with Gasteiger partial charge in [-0.05, 0) is 73.1 Å². The van der Waals surface area contributed by atoms with Crippen molar-refractivity contribution in [3.05, 3.63) is 64.1 Å². The van der Waals surface area contributed by atoms with E-state index in [1.807, 2.05) is 25.1 Å². The van der Waals surface area contributed by atoms with E-state index in [1.165, 1.54) is 6.07 Å². The number of halogens is 2. The number of hydrogen-bond acceptors (Lipinski definition) is 3.